The van der Waals surface area contributed by atoms with Crippen LogP contribution in [0.4, 0.5) is 0 Å². The van der Waals surface area contributed by atoms with Gasteiger partial charge in [-0.3, -0.25) is 0 Å². The molecule has 17 heavy (non-hydrogen) atoms. The van der Waals surface area contributed by atoms with Crippen LogP contribution in [0.3, 0.4) is 0 Å². The minimum atomic E-state index is -0.410. The van der Waals surface area contributed by atoms with Crippen molar-refractivity contribution in [2.24, 2.45) is 0 Å². The third-order valence-corrected chi connectivity index (χ3v) is 3.34. The monoisotopic (exact) mass is 290 g/mol. The Morgan fingerprint density at radius 2 is 1.59 bits per heavy atom. The normalized spacial score (nSPS) is 14.3. The maximum atomic E-state index is 9.99. The molecule has 88 valence electrons. The second-order valence-corrected chi connectivity index (χ2v) is 5.10. The minimum Gasteiger partial charge on any atom is -0.392 e. The van der Waals surface area contributed by atoms with Crippen LogP contribution in [-0.2, 0) is 0 Å². The summed E-state index contributed by atoms with van der Waals surface area (Å²) in [6.07, 6.45) is -0.410. The molecule has 0 aliphatic rings. The lowest BCUT2D eigenvalue weighted by Gasteiger charge is -2.21. The molecule has 0 amide bonds. The Morgan fingerprint density at radius 3 is 2.18 bits per heavy atom. The van der Waals surface area contributed by atoms with Gasteiger partial charge in [0, 0.05) is 10.4 Å². The predicted molar refractivity (Wildman–Crippen MR) is 74.1 cm³/mol. The first-order valence-corrected chi connectivity index (χ1v) is 6.46. The van der Waals surface area contributed by atoms with Crippen LogP contribution in [0.1, 0.15) is 24.0 Å². The van der Waals surface area contributed by atoms with Crippen molar-refractivity contribution >= 4 is 15.9 Å². The second kappa shape index (κ2) is 5.48. The van der Waals surface area contributed by atoms with E-state index in [4.69, 9.17) is 0 Å². The van der Waals surface area contributed by atoms with Crippen molar-refractivity contribution in [3.05, 3.63) is 70.2 Å². The summed E-state index contributed by atoms with van der Waals surface area (Å²) < 4.78 is 1.04. The predicted octanol–water partition coefficient (Wildman–Crippen LogP) is 3.96. The third-order valence-electron chi connectivity index (χ3n) is 2.85. The van der Waals surface area contributed by atoms with E-state index < -0.39 is 6.10 Å². The Labute approximate surface area is 110 Å². The van der Waals surface area contributed by atoms with E-state index >= 15 is 0 Å². The largest absolute Gasteiger partial charge is 0.392 e. The lowest BCUT2D eigenvalue weighted by atomic mass is 9.87. The fourth-order valence-corrected chi connectivity index (χ4v) is 2.53. The van der Waals surface area contributed by atoms with Gasteiger partial charge in [-0.05, 0) is 30.2 Å². The van der Waals surface area contributed by atoms with Crippen LogP contribution in [0, 0.1) is 0 Å². The van der Waals surface area contributed by atoms with Gasteiger partial charge in [0.05, 0.1) is 6.10 Å². The Kier molecular flexibility index (Phi) is 3.97. The Balaban J connectivity index is 2.43. The highest BCUT2D eigenvalue weighted by atomic mass is 79.9. The van der Waals surface area contributed by atoms with Gasteiger partial charge in [0.15, 0.2) is 0 Å². The van der Waals surface area contributed by atoms with Crippen molar-refractivity contribution in [1.29, 1.82) is 0 Å². The van der Waals surface area contributed by atoms with Crippen LogP contribution in [0.25, 0.3) is 0 Å². The van der Waals surface area contributed by atoms with E-state index in [0.29, 0.717) is 0 Å². The van der Waals surface area contributed by atoms with Crippen molar-refractivity contribution in [2.45, 2.75) is 18.9 Å². The molecular weight excluding hydrogens is 276 g/mol. The summed E-state index contributed by atoms with van der Waals surface area (Å²) in [6.45, 7) is 1.83. The van der Waals surface area contributed by atoms with E-state index in [1.165, 1.54) is 0 Å². The van der Waals surface area contributed by atoms with E-state index in [0.717, 1.165) is 15.6 Å². The SMILES string of the molecule is CC(O)C(c1ccccc1)c1cccc(Br)c1. The van der Waals surface area contributed by atoms with Gasteiger partial charge in [0.25, 0.3) is 0 Å². The molecule has 0 radical (unpaired) electrons. The van der Waals surface area contributed by atoms with Gasteiger partial charge in [-0.25, -0.2) is 0 Å². The summed E-state index contributed by atoms with van der Waals surface area (Å²) in [5, 5.41) is 9.99. The summed E-state index contributed by atoms with van der Waals surface area (Å²) in [6, 6.07) is 18.2. The van der Waals surface area contributed by atoms with Crippen LogP contribution in [-0.4, -0.2) is 11.2 Å². The molecule has 0 aliphatic heterocycles. The van der Waals surface area contributed by atoms with Gasteiger partial charge < -0.3 is 5.11 Å². The first kappa shape index (κ1) is 12.3. The molecule has 0 aromatic heterocycles. The van der Waals surface area contributed by atoms with E-state index in [-0.39, 0.29) is 5.92 Å². The van der Waals surface area contributed by atoms with Crippen molar-refractivity contribution in [3.63, 3.8) is 0 Å². The van der Waals surface area contributed by atoms with Crippen LogP contribution in [0.5, 0.6) is 0 Å². The zero-order chi connectivity index (χ0) is 12.3. The van der Waals surface area contributed by atoms with Crippen LogP contribution < -0.4 is 0 Å². The zero-order valence-electron chi connectivity index (χ0n) is 9.68. The van der Waals surface area contributed by atoms with E-state index in [9.17, 15) is 5.11 Å². The first-order valence-electron chi connectivity index (χ1n) is 5.67. The number of hydrogen-bond donors (Lipinski definition) is 1. The molecule has 1 nitrogen and oxygen atoms in total. The van der Waals surface area contributed by atoms with Gasteiger partial charge >= 0.3 is 0 Å². The molecule has 2 atom stereocenters. The number of aliphatic hydroxyl groups is 1. The molecule has 1 N–H and O–H groups in total. The van der Waals surface area contributed by atoms with Crippen molar-refractivity contribution < 1.29 is 5.11 Å². The molecule has 2 unspecified atom stereocenters. The Morgan fingerprint density at radius 1 is 0.941 bits per heavy atom. The van der Waals surface area contributed by atoms with Gasteiger partial charge in [0.2, 0.25) is 0 Å². The third kappa shape index (κ3) is 2.96. The second-order valence-electron chi connectivity index (χ2n) is 4.18. The smallest absolute Gasteiger partial charge is 0.0621 e. The minimum absolute atomic E-state index is 0.0219. The molecule has 0 fully saturated rings. The van der Waals surface area contributed by atoms with Crippen LogP contribution in [0.15, 0.2) is 59.1 Å². The summed E-state index contributed by atoms with van der Waals surface area (Å²) in [7, 11) is 0. The zero-order valence-corrected chi connectivity index (χ0v) is 11.3. The average molecular weight is 291 g/mol. The molecule has 0 heterocycles. The number of hydrogen-bond acceptors (Lipinski definition) is 1. The summed E-state index contributed by atoms with van der Waals surface area (Å²) in [4.78, 5) is 0. The fraction of sp³-hybridized carbons (Fsp3) is 0.200. The highest BCUT2D eigenvalue weighted by Gasteiger charge is 2.19. The maximum absolute atomic E-state index is 9.99. The lowest BCUT2D eigenvalue weighted by Crippen LogP contribution is -2.15. The van der Waals surface area contributed by atoms with E-state index in [2.05, 4.69) is 40.2 Å². The lowest BCUT2D eigenvalue weighted by molar-refractivity contribution is 0.176. The Bertz CT molecular complexity index is 479. The molecule has 2 aromatic carbocycles. The molecule has 0 bridgehead atoms. The fourth-order valence-electron chi connectivity index (χ4n) is 2.11. The molecular formula is C15H15BrO. The van der Waals surface area contributed by atoms with Crippen molar-refractivity contribution in [1.82, 2.24) is 0 Å². The molecule has 0 aliphatic carbocycles. The topological polar surface area (TPSA) is 20.2 Å². The quantitative estimate of drug-likeness (QED) is 0.907. The standard InChI is InChI=1S/C15H15BrO/c1-11(17)15(12-6-3-2-4-7-12)13-8-5-9-14(16)10-13/h2-11,15,17H,1H3. The molecule has 2 rings (SSSR count). The van der Waals surface area contributed by atoms with E-state index in [1.807, 2.05) is 37.3 Å². The molecule has 2 aromatic rings. The van der Waals surface area contributed by atoms with E-state index in [1.54, 1.807) is 0 Å². The highest BCUT2D eigenvalue weighted by molar-refractivity contribution is 9.10. The highest BCUT2D eigenvalue weighted by Crippen LogP contribution is 2.29. The average Bonchev–Trinajstić information content (AvgIpc) is 2.30. The number of rotatable bonds is 3. The van der Waals surface area contributed by atoms with Gasteiger partial charge in [-0.15, -0.1) is 0 Å². The number of aliphatic hydroxyl groups excluding tert-OH is 1. The van der Waals surface area contributed by atoms with Crippen LogP contribution in [0.2, 0.25) is 0 Å². The van der Waals surface area contributed by atoms with Gasteiger partial charge in [-0.1, -0.05) is 58.4 Å². The number of halogens is 1. The van der Waals surface area contributed by atoms with Crippen LogP contribution >= 0.6 is 15.9 Å². The maximum Gasteiger partial charge on any atom is 0.0621 e. The van der Waals surface area contributed by atoms with Gasteiger partial charge in [-0.2, -0.15) is 0 Å². The molecule has 0 saturated carbocycles. The summed E-state index contributed by atoms with van der Waals surface area (Å²) in [5.41, 5.74) is 2.26. The van der Waals surface area contributed by atoms with Gasteiger partial charge in [0.1, 0.15) is 0 Å². The molecule has 2 heteroatoms. The van der Waals surface area contributed by atoms with Crippen molar-refractivity contribution in [3.8, 4) is 0 Å². The molecule has 0 saturated heterocycles. The number of benzene rings is 2. The summed E-state index contributed by atoms with van der Waals surface area (Å²) >= 11 is 3.47. The first-order chi connectivity index (χ1) is 8.18. The summed E-state index contributed by atoms with van der Waals surface area (Å²) in [5.74, 6) is 0.0219. The Hall–Kier alpha value is -1.12. The van der Waals surface area contributed by atoms with Crippen molar-refractivity contribution in [2.75, 3.05) is 0 Å². The molecule has 0 spiro atoms.